The van der Waals surface area contributed by atoms with E-state index in [1.807, 2.05) is 0 Å². The van der Waals surface area contributed by atoms with Crippen LogP contribution in [0.5, 0.6) is 11.5 Å². The van der Waals surface area contributed by atoms with Crippen molar-refractivity contribution in [1.29, 1.82) is 0 Å². The predicted octanol–water partition coefficient (Wildman–Crippen LogP) is 4.74. The van der Waals surface area contributed by atoms with E-state index in [9.17, 15) is 56.7 Å². The first-order valence-corrected chi connectivity index (χ1v) is 12.8. The fraction of sp³-hybridized carbons (Fsp3) is 0.300. The van der Waals surface area contributed by atoms with Gasteiger partial charge in [0.25, 0.3) is 0 Å². The van der Waals surface area contributed by atoms with Crippen molar-refractivity contribution < 1.29 is 74.7 Å². The van der Waals surface area contributed by atoms with E-state index in [1.165, 1.54) is 0 Å². The highest BCUT2D eigenvalue weighted by Gasteiger charge is 2.50. The number of alkyl halides is 9. The summed E-state index contributed by atoms with van der Waals surface area (Å²) in [6, 6.07) is 7.60. The van der Waals surface area contributed by atoms with Crippen molar-refractivity contribution in [2.45, 2.75) is 24.3 Å². The lowest BCUT2D eigenvalue weighted by molar-refractivity contribution is -0.0634. The van der Waals surface area contributed by atoms with Gasteiger partial charge in [0.15, 0.2) is 22.8 Å². The van der Waals surface area contributed by atoms with Crippen molar-refractivity contribution in [2.24, 2.45) is 10.3 Å². The van der Waals surface area contributed by atoms with Gasteiger partial charge in [0, 0.05) is 17.5 Å². The third-order valence-corrected chi connectivity index (χ3v) is 5.35. The highest BCUT2D eigenvalue weighted by atomic mass is 32.2. The van der Waals surface area contributed by atoms with E-state index in [4.69, 9.17) is 9.47 Å². The third kappa shape index (κ3) is 10.4. The molecular formula is C20H14F9N2O8S2-. The van der Waals surface area contributed by atoms with Gasteiger partial charge in [0.05, 0.1) is 13.2 Å². The van der Waals surface area contributed by atoms with Crippen LogP contribution in [0.25, 0.3) is 0 Å². The van der Waals surface area contributed by atoms with Crippen LogP contribution < -0.4 is 9.47 Å². The molecule has 0 bridgehead atoms. The molecule has 2 rings (SSSR count). The van der Waals surface area contributed by atoms with E-state index in [0.29, 0.717) is 0 Å². The second-order valence-corrected chi connectivity index (χ2v) is 9.31. The maximum atomic E-state index is 13.2. The SMILES string of the molecule is O=S([O-])O/N=C(/c1ccc(OCCCOc2ccc(/C(=N/OS(=O)(=O)C(F)(F)F)C(F)(F)F)cc2)cc1)C(F)(F)F. The Balaban J connectivity index is 1.94. The van der Waals surface area contributed by atoms with Crippen LogP contribution in [-0.2, 0) is 30.0 Å². The Kier molecular flexibility index (Phi) is 11.0. The number of benzene rings is 2. The second kappa shape index (κ2) is 13.4. The first kappa shape index (κ1) is 33.6. The number of rotatable bonds is 12. The molecule has 0 aliphatic carbocycles. The Morgan fingerprint density at radius 3 is 1.46 bits per heavy atom. The molecule has 228 valence electrons. The molecule has 2 aromatic carbocycles. The summed E-state index contributed by atoms with van der Waals surface area (Å²) in [5.74, 6) is 0.116. The zero-order valence-corrected chi connectivity index (χ0v) is 21.3. The van der Waals surface area contributed by atoms with Gasteiger partial charge >= 0.3 is 28.0 Å². The van der Waals surface area contributed by atoms with Crippen LogP contribution in [-0.4, -0.2) is 59.7 Å². The zero-order chi connectivity index (χ0) is 31.1. The Morgan fingerprint density at radius 1 is 0.732 bits per heavy atom. The maximum Gasteiger partial charge on any atom is 0.536 e. The second-order valence-electron chi connectivity index (χ2n) is 7.23. The van der Waals surface area contributed by atoms with Crippen molar-refractivity contribution in [3.8, 4) is 11.5 Å². The highest BCUT2D eigenvalue weighted by molar-refractivity contribution is 7.87. The number of hydrogen-bond acceptors (Lipinski definition) is 10. The molecule has 1 atom stereocenters. The molecule has 0 spiro atoms. The normalized spacial score (nSPS) is 14.4. The minimum atomic E-state index is -6.42. The molecule has 41 heavy (non-hydrogen) atoms. The van der Waals surface area contributed by atoms with Crippen LogP contribution in [0, 0.1) is 0 Å². The van der Waals surface area contributed by atoms with Crippen molar-refractivity contribution in [1.82, 2.24) is 0 Å². The largest absolute Gasteiger partial charge is 0.738 e. The van der Waals surface area contributed by atoms with Gasteiger partial charge in [0.1, 0.15) is 11.5 Å². The smallest absolute Gasteiger partial charge is 0.536 e. The lowest BCUT2D eigenvalue weighted by atomic mass is 10.1. The summed E-state index contributed by atoms with van der Waals surface area (Å²) in [6.07, 6.45) is -10.2. The fourth-order valence-corrected chi connectivity index (χ4v) is 2.98. The summed E-state index contributed by atoms with van der Waals surface area (Å²) < 4.78 is 175. The van der Waals surface area contributed by atoms with E-state index in [-0.39, 0.29) is 31.1 Å². The Hall–Kier alpha value is -3.59. The van der Waals surface area contributed by atoms with Gasteiger partial charge in [-0.05, 0) is 48.5 Å². The van der Waals surface area contributed by atoms with Gasteiger partial charge < -0.3 is 18.3 Å². The quantitative estimate of drug-likeness (QED) is 0.0807. The molecule has 0 saturated carbocycles. The van der Waals surface area contributed by atoms with Crippen molar-refractivity contribution in [2.75, 3.05) is 13.2 Å². The molecule has 0 aromatic heterocycles. The van der Waals surface area contributed by atoms with Crippen LogP contribution in [0.15, 0.2) is 58.8 Å². The lowest BCUT2D eigenvalue weighted by Crippen LogP contribution is -2.28. The van der Waals surface area contributed by atoms with Crippen molar-refractivity contribution >= 4 is 32.9 Å². The Morgan fingerprint density at radius 2 is 1.12 bits per heavy atom. The molecule has 1 unspecified atom stereocenters. The molecule has 10 nitrogen and oxygen atoms in total. The maximum absolute atomic E-state index is 13.2. The molecule has 0 saturated heterocycles. The minimum absolute atomic E-state index is 0.00338. The zero-order valence-electron chi connectivity index (χ0n) is 19.6. The molecule has 21 heteroatoms. The molecule has 0 aliphatic rings. The number of nitrogens with zero attached hydrogens (tertiary/aromatic N) is 2. The van der Waals surface area contributed by atoms with E-state index in [1.54, 1.807) is 0 Å². The third-order valence-electron chi connectivity index (χ3n) is 4.32. The predicted molar refractivity (Wildman–Crippen MR) is 120 cm³/mol. The van der Waals surface area contributed by atoms with Crippen LogP contribution >= 0.6 is 0 Å². The molecule has 0 heterocycles. The molecule has 0 amide bonds. The van der Waals surface area contributed by atoms with E-state index in [0.717, 1.165) is 48.5 Å². The first-order valence-electron chi connectivity index (χ1n) is 10.3. The van der Waals surface area contributed by atoms with Gasteiger partial charge in [-0.3, -0.25) is 4.28 Å². The molecule has 0 radical (unpaired) electrons. The van der Waals surface area contributed by atoms with Gasteiger partial charge in [-0.1, -0.05) is 10.3 Å². The van der Waals surface area contributed by atoms with Gasteiger partial charge in [-0.15, -0.1) is 0 Å². The van der Waals surface area contributed by atoms with Crippen molar-refractivity contribution in [3.05, 3.63) is 59.7 Å². The Labute approximate surface area is 226 Å². The van der Waals surface area contributed by atoms with Crippen LogP contribution in [0.4, 0.5) is 39.5 Å². The average Bonchev–Trinajstić information content (AvgIpc) is 2.83. The Bertz CT molecular complexity index is 1360. The van der Waals surface area contributed by atoms with Gasteiger partial charge in [-0.25, -0.2) is 4.21 Å². The number of hydrogen-bond donors (Lipinski definition) is 0. The van der Waals surface area contributed by atoms with E-state index >= 15 is 0 Å². The number of oxime groups is 2. The van der Waals surface area contributed by atoms with Crippen LogP contribution in [0.1, 0.15) is 17.5 Å². The van der Waals surface area contributed by atoms with Crippen LogP contribution in [0.2, 0.25) is 0 Å². The number of ether oxygens (including phenoxy) is 2. The topological polar surface area (TPSA) is 136 Å². The van der Waals surface area contributed by atoms with E-state index in [2.05, 4.69) is 18.9 Å². The molecule has 0 fully saturated rings. The molecule has 0 N–H and O–H groups in total. The van der Waals surface area contributed by atoms with Crippen molar-refractivity contribution in [3.63, 3.8) is 0 Å². The first-order chi connectivity index (χ1) is 18.8. The highest BCUT2D eigenvalue weighted by Crippen LogP contribution is 2.28. The molecule has 2 aromatic rings. The average molecular weight is 645 g/mol. The van der Waals surface area contributed by atoms with Crippen LogP contribution in [0.3, 0.4) is 0 Å². The number of halogens is 9. The van der Waals surface area contributed by atoms with E-state index < -0.39 is 61.9 Å². The molecule has 0 aliphatic heterocycles. The molecular weight excluding hydrogens is 631 g/mol. The summed E-state index contributed by atoms with van der Waals surface area (Å²) in [4.78, 5) is 0. The summed E-state index contributed by atoms with van der Waals surface area (Å²) in [5, 5.41) is 4.68. The monoisotopic (exact) mass is 645 g/mol. The summed E-state index contributed by atoms with van der Waals surface area (Å²) in [7, 11) is -6.42. The standard InChI is InChI=1S/C20H15F9N2O8S2/c21-18(22,23)16(30-38-40(32)33)12-2-6-14(7-3-12)36-10-1-11-37-15-8-4-13(5-9-15)17(19(24,25)26)31-39-41(34,35)20(27,28)29/h2-9H,1,10-11H2,(H,32,33)/p-1/b30-16-,31-17-. The lowest BCUT2D eigenvalue weighted by Gasteiger charge is -2.13. The summed E-state index contributed by atoms with van der Waals surface area (Å²) >= 11 is -3.32. The minimum Gasteiger partial charge on any atom is -0.738 e. The fourth-order valence-electron chi connectivity index (χ4n) is 2.59. The summed E-state index contributed by atoms with van der Waals surface area (Å²) in [5.41, 5.74) is -11.0. The summed E-state index contributed by atoms with van der Waals surface area (Å²) in [6.45, 7) is -0.106. The van der Waals surface area contributed by atoms with Gasteiger partial charge in [0.2, 0.25) is 0 Å². The van der Waals surface area contributed by atoms with Gasteiger partial charge in [-0.2, -0.15) is 47.9 Å².